The predicted molar refractivity (Wildman–Crippen MR) is 247 cm³/mol. The molecular formula is C53H50GeIrN4O-2. The van der Waals surface area contributed by atoms with Crippen LogP contribution in [0.4, 0.5) is 0 Å². The smallest absolute Gasteiger partial charge is 0 e. The summed E-state index contributed by atoms with van der Waals surface area (Å²) < 4.78 is 10.2. The minimum Gasteiger partial charge on any atom is 0 e. The van der Waals surface area contributed by atoms with Crippen LogP contribution < -0.4 is 4.40 Å². The summed E-state index contributed by atoms with van der Waals surface area (Å²) >= 11 is -1.87. The first-order valence-corrected chi connectivity index (χ1v) is 28.3. The molecule has 0 unspecified atom stereocenters. The van der Waals surface area contributed by atoms with E-state index in [-0.39, 0.29) is 20.1 Å². The number of pyridine rings is 2. The summed E-state index contributed by atoms with van der Waals surface area (Å²) in [6.07, 6.45) is 9.08. The number of aryl methyl sites for hydroxylation is 3. The number of aromatic nitrogens is 4. The van der Waals surface area contributed by atoms with Crippen LogP contribution in [0.3, 0.4) is 0 Å². The Morgan fingerprint density at radius 1 is 0.733 bits per heavy atom. The number of imidazole rings is 1. The molecule has 0 saturated heterocycles. The van der Waals surface area contributed by atoms with Crippen molar-refractivity contribution in [2.45, 2.75) is 70.1 Å². The van der Waals surface area contributed by atoms with Crippen molar-refractivity contribution >= 4 is 50.8 Å². The molecule has 0 spiro atoms. The van der Waals surface area contributed by atoms with E-state index in [1.54, 1.807) is 9.96 Å². The largest absolute Gasteiger partial charge is 0 e. The van der Waals surface area contributed by atoms with Crippen LogP contribution in [0.2, 0.25) is 17.3 Å². The standard InChI is InChI=1S/C33H24N3O.C20H26GeN.Ir/c1-20-18-24(23-10-5-4-6-11-23)19-21(2)30(20)36-29-15-8-7-14-28(29)35-32(36)27-13-9-12-25-26-17-16-22(3)34-33(26)37-31(25)27;1-21(2,3)19-15-22-20(17-11-5-4-6-12-17)14-18(19)13-16-9-7-8-10-16;/h4-12,14-19H,1-3H3;4-6,11,14-16H,7-10,13H2,1-3H3;/q2*-1;. The minimum atomic E-state index is -1.87. The molecule has 0 N–H and O–H groups in total. The summed E-state index contributed by atoms with van der Waals surface area (Å²) in [6.45, 7) is 6.32. The Morgan fingerprint density at radius 2 is 1.47 bits per heavy atom. The van der Waals surface area contributed by atoms with E-state index in [0.717, 1.165) is 67.3 Å². The van der Waals surface area contributed by atoms with Gasteiger partial charge in [-0.3, -0.25) is 4.98 Å². The maximum absolute atomic E-state index is 6.35. The molecule has 1 aliphatic rings. The SMILES string of the molecule is Cc1ccc2c(n1)oc1c(-c3nc4ccccc4n3-c3c(C)cc(-c4ccccc4)cc3C)[c-]ccc12.[CH3][Ge]([CH3])([CH3])[c]1cnc(-c2[c-]cccc2)cc1CC1CCCC1.[Ir]. The van der Waals surface area contributed by atoms with Gasteiger partial charge in [0.15, 0.2) is 0 Å². The van der Waals surface area contributed by atoms with Crippen molar-refractivity contribution in [2.24, 2.45) is 5.92 Å². The Bertz CT molecular complexity index is 2920. The number of rotatable bonds is 7. The van der Waals surface area contributed by atoms with Gasteiger partial charge in [0.1, 0.15) is 0 Å². The van der Waals surface area contributed by atoms with Crippen molar-refractivity contribution in [3.05, 3.63) is 162 Å². The molecule has 1 fully saturated rings. The van der Waals surface area contributed by atoms with Gasteiger partial charge in [0, 0.05) is 36.9 Å². The molecular weight excluding hydrogens is 973 g/mol. The van der Waals surface area contributed by atoms with Gasteiger partial charge in [-0.05, 0) is 79.4 Å². The molecule has 0 amide bonds. The molecule has 60 heavy (non-hydrogen) atoms. The first-order chi connectivity index (χ1) is 28.6. The van der Waals surface area contributed by atoms with Crippen molar-refractivity contribution in [1.82, 2.24) is 19.5 Å². The first kappa shape index (κ1) is 41.6. The summed E-state index contributed by atoms with van der Waals surface area (Å²) in [5.41, 5.74) is 14.8. The molecule has 4 aromatic heterocycles. The number of fused-ring (bicyclic) bond motifs is 4. The fourth-order valence-electron chi connectivity index (χ4n) is 8.97. The Morgan fingerprint density at radius 3 is 2.20 bits per heavy atom. The molecule has 1 aliphatic carbocycles. The van der Waals surface area contributed by atoms with E-state index in [4.69, 9.17) is 14.4 Å². The van der Waals surface area contributed by atoms with E-state index in [1.165, 1.54) is 54.4 Å². The zero-order chi connectivity index (χ0) is 40.7. The molecule has 1 saturated carbocycles. The van der Waals surface area contributed by atoms with Crippen molar-refractivity contribution in [2.75, 3.05) is 0 Å². The van der Waals surface area contributed by atoms with Crippen LogP contribution in [-0.4, -0.2) is 32.8 Å². The zero-order valence-corrected chi connectivity index (χ0v) is 39.8. The number of hydrogen-bond acceptors (Lipinski definition) is 4. The van der Waals surface area contributed by atoms with Gasteiger partial charge >= 0.3 is 137 Å². The van der Waals surface area contributed by atoms with Crippen molar-refractivity contribution in [3.8, 4) is 39.5 Å². The molecule has 10 rings (SSSR count). The Balaban J connectivity index is 0.000000186. The molecule has 5 aromatic carbocycles. The fourth-order valence-corrected chi connectivity index (χ4v) is 12.3. The van der Waals surface area contributed by atoms with Crippen LogP contribution >= 0.6 is 0 Å². The van der Waals surface area contributed by atoms with Gasteiger partial charge in [-0.25, -0.2) is 4.98 Å². The average Bonchev–Trinajstić information content (AvgIpc) is 3.99. The molecule has 4 heterocycles. The Kier molecular flexibility index (Phi) is 12.1. The normalized spacial score (nSPS) is 13.1. The van der Waals surface area contributed by atoms with Crippen LogP contribution in [0.15, 0.2) is 132 Å². The first-order valence-electron chi connectivity index (χ1n) is 20.9. The second-order valence-electron chi connectivity index (χ2n) is 17.2. The van der Waals surface area contributed by atoms with E-state index in [1.807, 2.05) is 49.4 Å². The summed E-state index contributed by atoms with van der Waals surface area (Å²) in [7, 11) is 0. The van der Waals surface area contributed by atoms with E-state index < -0.39 is 13.3 Å². The number of furan rings is 1. The number of hydrogen-bond donors (Lipinski definition) is 0. The van der Waals surface area contributed by atoms with E-state index in [0.29, 0.717) is 5.71 Å². The van der Waals surface area contributed by atoms with Crippen molar-refractivity contribution < 1.29 is 24.5 Å². The second kappa shape index (κ2) is 17.5. The van der Waals surface area contributed by atoms with Crippen LogP contribution in [0.5, 0.6) is 0 Å². The average molecular weight is 1020 g/mol. The molecule has 9 aromatic rings. The van der Waals surface area contributed by atoms with Crippen molar-refractivity contribution in [1.29, 1.82) is 0 Å². The molecule has 1 radical (unpaired) electrons. The number of benzene rings is 5. The number of nitrogens with zero attached hydrogens (tertiary/aromatic N) is 4. The van der Waals surface area contributed by atoms with Gasteiger partial charge in [0.25, 0.3) is 0 Å². The maximum atomic E-state index is 6.35. The monoisotopic (exact) mass is 1030 g/mol. The predicted octanol–water partition coefficient (Wildman–Crippen LogP) is 13.2. The van der Waals surface area contributed by atoms with Crippen LogP contribution in [-0.2, 0) is 26.5 Å². The summed E-state index contributed by atoms with van der Waals surface area (Å²) in [5.74, 6) is 9.12. The van der Waals surface area contributed by atoms with E-state index >= 15 is 0 Å². The van der Waals surface area contributed by atoms with Gasteiger partial charge in [-0.15, -0.1) is 18.2 Å². The van der Waals surface area contributed by atoms with Crippen molar-refractivity contribution in [3.63, 3.8) is 0 Å². The van der Waals surface area contributed by atoms with Crippen LogP contribution in [0, 0.1) is 38.8 Å². The van der Waals surface area contributed by atoms with Crippen LogP contribution in [0.1, 0.15) is 48.1 Å². The topological polar surface area (TPSA) is 56.7 Å². The molecule has 0 bridgehead atoms. The third-order valence-corrected chi connectivity index (χ3v) is 16.1. The third-order valence-electron chi connectivity index (χ3n) is 11.8. The molecule has 0 aliphatic heterocycles. The molecule has 0 atom stereocenters. The summed E-state index contributed by atoms with van der Waals surface area (Å²) in [5, 5.41) is 2.01. The second-order valence-corrected chi connectivity index (χ2v) is 27.8. The van der Waals surface area contributed by atoms with E-state index in [9.17, 15) is 0 Å². The Labute approximate surface area is 370 Å². The van der Waals surface area contributed by atoms with Gasteiger partial charge in [-0.1, -0.05) is 53.4 Å². The molecule has 7 heteroatoms. The summed E-state index contributed by atoms with van der Waals surface area (Å²) in [6, 6.07) is 48.7. The van der Waals surface area contributed by atoms with Gasteiger partial charge in [0.05, 0.1) is 22.4 Å². The van der Waals surface area contributed by atoms with Crippen LogP contribution in [0.25, 0.3) is 72.6 Å². The molecule has 5 nitrogen and oxygen atoms in total. The number of para-hydroxylation sites is 2. The summed E-state index contributed by atoms with van der Waals surface area (Å²) in [4.78, 5) is 14.5. The van der Waals surface area contributed by atoms with Gasteiger partial charge in [0.2, 0.25) is 5.71 Å². The molecule has 303 valence electrons. The quantitative estimate of drug-likeness (QED) is 0.118. The zero-order valence-electron chi connectivity index (χ0n) is 35.3. The Hall–Kier alpha value is -5.14. The van der Waals surface area contributed by atoms with E-state index in [2.05, 4.69) is 138 Å². The third kappa shape index (κ3) is 8.30. The fraction of sp³-hybridized carbons (Fsp3) is 0.226. The minimum absolute atomic E-state index is 0. The van der Waals surface area contributed by atoms with Gasteiger partial charge < -0.3 is 8.98 Å². The van der Waals surface area contributed by atoms with Gasteiger partial charge in [-0.2, -0.15) is 0 Å². The maximum Gasteiger partial charge on any atom is 0 e.